The summed E-state index contributed by atoms with van der Waals surface area (Å²) in [6, 6.07) is 4.06. The van der Waals surface area contributed by atoms with E-state index in [-0.39, 0.29) is 29.0 Å². The summed E-state index contributed by atoms with van der Waals surface area (Å²) in [6.45, 7) is 3.68. The largest absolute Gasteiger partial charge is 0.481 e. The van der Waals surface area contributed by atoms with Gasteiger partial charge in [0.1, 0.15) is 5.82 Å². The van der Waals surface area contributed by atoms with Crippen LogP contribution in [0.25, 0.3) is 0 Å². The third kappa shape index (κ3) is 5.18. The third-order valence-corrected chi connectivity index (χ3v) is 4.18. The molecule has 0 aromatic heterocycles. The summed E-state index contributed by atoms with van der Waals surface area (Å²) in [6.07, 6.45) is 0.842. The smallest absolute Gasteiger partial charge is 0.307 e. The van der Waals surface area contributed by atoms with Gasteiger partial charge in [0.25, 0.3) is 0 Å². The van der Waals surface area contributed by atoms with Crippen LogP contribution >= 0.6 is 11.6 Å². The van der Waals surface area contributed by atoms with Crippen LogP contribution in [0, 0.1) is 17.7 Å². The van der Waals surface area contributed by atoms with Gasteiger partial charge in [-0.1, -0.05) is 18.5 Å². The molecule has 1 aromatic carbocycles. The summed E-state index contributed by atoms with van der Waals surface area (Å²) in [5.74, 6) is -1.80. The summed E-state index contributed by atoms with van der Waals surface area (Å²) >= 11 is 5.66. The number of carboxylic acids is 1. The highest BCUT2D eigenvalue weighted by molar-refractivity contribution is 6.30. The molecule has 23 heavy (non-hydrogen) atoms. The number of carbonyl (C=O) groups is 2. The summed E-state index contributed by atoms with van der Waals surface area (Å²) in [5, 5.41) is 11.9. The molecule has 7 heteroatoms. The van der Waals surface area contributed by atoms with Crippen LogP contribution in [-0.4, -0.2) is 41.5 Å². The van der Waals surface area contributed by atoms with Crippen LogP contribution in [0.5, 0.6) is 0 Å². The molecule has 5 nitrogen and oxygen atoms in total. The Labute approximate surface area is 139 Å². The first-order valence-electron chi connectivity index (χ1n) is 7.55. The minimum Gasteiger partial charge on any atom is -0.481 e. The van der Waals surface area contributed by atoms with Crippen molar-refractivity contribution in [3.05, 3.63) is 29.0 Å². The monoisotopic (exact) mass is 342 g/mol. The number of carbonyl (C=O) groups excluding carboxylic acids is 1. The molecule has 1 saturated heterocycles. The van der Waals surface area contributed by atoms with E-state index in [4.69, 9.17) is 16.7 Å². The van der Waals surface area contributed by atoms with Crippen molar-refractivity contribution in [3.63, 3.8) is 0 Å². The number of hydrogen-bond donors (Lipinski definition) is 2. The van der Waals surface area contributed by atoms with Crippen LogP contribution < -0.4 is 5.32 Å². The van der Waals surface area contributed by atoms with Crippen molar-refractivity contribution in [2.45, 2.75) is 19.8 Å². The topological polar surface area (TPSA) is 69.6 Å². The highest BCUT2D eigenvalue weighted by atomic mass is 35.5. The van der Waals surface area contributed by atoms with Crippen LogP contribution in [0.2, 0.25) is 5.02 Å². The summed E-state index contributed by atoms with van der Waals surface area (Å²) in [4.78, 5) is 25.0. The Morgan fingerprint density at radius 3 is 2.83 bits per heavy atom. The zero-order valence-corrected chi connectivity index (χ0v) is 13.6. The Morgan fingerprint density at radius 2 is 2.17 bits per heavy atom. The summed E-state index contributed by atoms with van der Waals surface area (Å²) in [7, 11) is 0. The number of halogens is 2. The van der Waals surface area contributed by atoms with E-state index >= 15 is 0 Å². The molecule has 0 aliphatic carbocycles. The summed E-state index contributed by atoms with van der Waals surface area (Å²) < 4.78 is 13.6. The highest BCUT2D eigenvalue weighted by Crippen LogP contribution is 2.22. The van der Waals surface area contributed by atoms with Gasteiger partial charge in [0, 0.05) is 31.1 Å². The molecule has 1 fully saturated rings. The number of benzene rings is 1. The minimum absolute atomic E-state index is 0.0924. The van der Waals surface area contributed by atoms with E-state index in [2.05, 4.69) is 5.32 Å². The van der Waals surface area contributed by atoms with E-state index in [0.717, 1.165) is 12.6 Å². The Kier molecular flexibility index (Phi) is 5.96. The van der Waals surface area contributed by atoms with Crippen LogP contribution in [0.1, 0.15) is 19.8 Å². The highest BCUT2D eigenvalue weighted by Gasteiger charge is 2.29. The lowest BCUT2D eigenvalue weighted by Gasteiger charge is -2.34. The third-order valence-electron chi connectivity index (χ3n) is 3.94. The molecule has 0 spiro atoms. The number of anilines is 1. The van der Waals surface area contributed by atoms with E-state index in [1.54, 1.807) is 0 Å². The number of rotatable bonds is 5. The Bertz CT molecular complexity index is 597. The molecule has 1 amide bonds. The number of nitrogens with zero attached hydrogens (tertiary/aromatic N) is 1. The van der Waals surface area contributed by atoms with Gasteiger partial charge in [0.05, 0.1) is 11.6 Å². The molecule has 0 saturated carbocycles. The van der Waals surface area contributed by atoms with Crippen LogP contribution in [0.3, 0.4) is 0 Å². The van der Waals surface area contributed by atoms with E-state index < -0.39 is 17.7 Å². The lowest BCUT2D eigenvalue weighted by atomic mass is 9.90. The Hall–Kier alpha value is -1.66. The second-order valence-electron chi connectivity index (χ2n) is 6.06. The van der Waals surface area contributed by atoms with Gasteiger partial charge in [-0.3, -0.25) is 9.59 Å². The van der Waals surface area contributed by atoms with Crippen molar-refractivity contribution in [2.75, 3.05) is 25.0 Å². The van der Waals surface area contributed by atoms with Crippen molar-refractivity contribution in [2.24, 2.45) is 11.8 Å². The van der Waals surface area contributed by atoms with E-state index in [9.17, 15) is 14.0 Å². The molecule has 2 unspecified atom stereocenters. The van der Waals surface area contributed by atoms with Crippen LogP contribution in [0.15, 0.2) is 18.2 Å². The second-order valence-corrected chi connectivity index (χ2v) is 6.49. The molecular weight excluding hydrogens is 323 g/mol. The first-order valence-corrected chi connectivity index (χ1v) is 7.93. The van der Waals surface area contributed by atoms with Gasteiger partial charge >= 0.3 is 5.97 Å². The fourth-order valence-electron chi connectivity index (χ4n) is 2.89. The normalized spacial score (nSPS) is 21.9. The fraction of sp³-hybridized carbons (Fsp3) is 0.500. The van der Waals surface area contributed by atoms with E-state index in [0.29, 0.717) is 19.5 Å². The molecule has 126 valence electrons. The average Bonchev–Trinajstić information content (AvgIpc) is 2.47. The lowest BCUT2D eigenvalue weighted by molar-refractivity contribution is -0.144. The number of aliphatic carboxylic acids is 1. The number of hydrogen-bond acceptors (Lipinski definition) is 3. The number of nitrogens with one attached hydrogen (secondary N) is 1. The molecule has 2 atom stereocenters. The SMILES string of the molecule is CC1CC(C(=O)O)CN(CCC(=O)Nc2ccc(Cl)cc2F)C1. The zero-order chi connectivity index (χ0) is 17.0. The standard InChI is InChI=1S/C16H20ClFN2O3/c1-10-6-11(16(22)23)9-20(8-10)5-4-15(21)19-14-3-2-12(17)7-13(14)18/h2-3,7,10-11H,4-6,8-9H2,1H3,(H,19,21)(H,22,23). The molecule has 1 aliphatic rings. The van der Waals surface area contributed by atoms with Crippen molar-refractivity contribution in [1.29, 1.82) is 0 Å². The van der Waals surface area contributed by atoms with E-state index in [1.807, 2.05) is 11.8 Å². The van der Waals surface area contributed by atoms with Crippen molar-refractivity contribution in [1.82, 2.24) is 4.90 Å². The van der Waals surface area contributed by atoms with Crippen molar-refractivity contribution < 1.29 is 19.1 Å². The van der Waals surface area contributed by atoms with Crippen molar-refractivity contribution >= 4 is 29.2 Å². The molecule has 0 radical (unpaired) electrons. The van der Waals surface area contributed by atoms with Gasteiger partial charge in [-0.05, 0) is 30.5 Å². The number of carboxylic acid groups (broad SMARTS) is 1. The van der Waals surface area contributed by atoms with Gasteiger partial charge in [-0.15, -0.1) is 0 Å². The molecule has 2 rings (SSSR count). The molecule has 0 bridgehead atoms. The van der Waals surface area contributed by atoms with Gasteiger partial charge in [-0.2, -0.15) is 0 Å². The zero-order valence-electron chi connectivity index (χ0n) is 12.9. The molecule has 2 N–H and O–H groups in total. The lowest BCUT2D eigenvalue weighted by Crippen LogP contribution is -2.43. The molecule has 1 aromatic rings. The number of piperidine rings is 1. The number of likely N-dealkylation sites (tertiary alicyclic amines) is 1. The van der Waals surface area contributed by atoms with Crippen LogP contribution in [-0.2, 0) is 9.59 Å². The van der Waals surface area contributed by atoms with Gasteiger partial charge in [-0.25, -0.2) is 4.39 Å². The first kappa shape index (κ1) is 17.7. The number of amides is 1. The molecule has 1 aliphatic heterocycles. The Morgan fingerprint density at radius 1 is 1.43 bits per heavy atom. The maximum Gasteiger partial charge on any atom is 0.307 e. The summed E-state index contributed by atoms with van der Waals surface area (Å²) in [5.41, 5.74) is 0.0924. The first-order chi connectivity index (χ1) is 10.8. The maximum absolute atomic E-state index is 13.6. The van der Waals surface area contributed by atoms with Gasteiger partial charge in [0.15, 0.2) is 0 Å². The molecule has 1 heterocycles. The average molecular weight is 343 g/mol. The van der Waals surface area contributed by atoms with Crippen LogP contribution in [0.4, 0.5) is 10.1 Å². The van der Waals surface area contributed by atoms with E-state index in [1.165, 1.54) is 12.1 Å². The Balaban J connectivity index is 1.85. The minimum atomic E-state index is -0.797. The van der Waals surface area contributed by atoms with Gasteiger partial charge in [0.2, 0.25) is 5.91 Å². The molecular formula is C16H20ClFN2O3. The fourth-order valence-corrected chi connectivity index (χ4v) is 3.05. The maximum atomic E-state index is 13.6. The van der Waals surface area contributed by atoms with Crippen molar-refractivity contribution in [3.8, 4) is 0 Å². The quantitative estimate of drug-likeness (QED) is 0.863. The predicted molar refractivity (Wildman–Crippen MR) is 86.0 cm³/mol. The second kappa shape index (κ2) is 7.75. The van der Waals surface area contributed by atoms with Gasteiger partial charge < -0.3 is 15.3 Å². The predicted octanol–water partition coefficient (Wildman–Crippen LogP) is 2.85.